The molecule has 0 aromatic heterocycles. The zero-order valence-corrected chi connectivity index (χ0v) is 15.7. The molecule has 0 N–H and O–H groups in total. The highest BCUT2D eigenvalue weighted by molar-refractivity contribution is 5.97. The SMILES string of the molecule is CC1=C(C(=O)N(C)[C@H](C)c2ccccc2)[C@@H](C)c2ccccc2N1C. The molecule has 0 aliphatic carbocycles. The molecule has 2 aromatic rings. The van der Waals surface area contributed by atoms with E-state index in [4.69, 9.17) is 0 Å². The van der Waals surface area contributed by atoms with Gasteiger partial charge in [-0.2, -0.15) is 0 Å². The molecule has 1 amide bonds. The molecular weight excluding hydrogens is 308 g/mol. The average Bonchev–Trinajstić information content (AvgIpc) is 2.65. The van der Waals surface area contributed by atoms with Crippen molar-refractivity contribution in [2.24, 2.45) is 0 Å². The highest BCUT2D eigenvalue weighted by Crippen LogP contribution is 2.41. The molecule has 3 nitrogen and oxygen atoms in total. The fraction of sp³-hybridized carbons (Fsp3) is 0.318. The van der Waals surface area contributed by atoms with Crippen molar-refractivity contribution < 1.29 is 4.79 Å². The monoisotopic (exact) mass is 334 g/mol. The van der Waals surface area contributed by atoms with Gasteiger partial charge in [0.25, 0.3) is 5.91 Å². The summed E-state index contributed by atoms with van der Waals surface area (Å²) >= 11 is 0. The predicted molar refractivity (Wildman–Crippen MR) is 104 cm³/mol. The Morgan fingerprint density at radius 1 is 1.08 bits per heavy atom. The van der Waals surface area contributed by atoms with Gasteiger partial charge in [0.2, 0.25) is 0 Å². The molecule has 0 bridgehead atoms. The maximum Gasteiger partial charge on any atom is 0.252 e. The van der Waals surface area contributed by atoms with Crippen LogP contribution in [0.2, 0.25) is 0 Å². The number of rotatable bonds is 3. The van der Waals surface area contributed by atoms with Crippen molar-refractivity contribution in [1.82, 2.24) is 4.90 Å². The van der Waals surface area contributed by atoms with Crippen LogP contribution in [-0.2, 0) is 4.79 Å². The first-order chi connectivity index (χ1) is 11.9. The maximum absolute atomic E-state index is 13.3. The van der Waals surface area contributed by atoms with Crippen molar-refractivity contribution in [3.63, 3.8) is 0 Å². The molecular formula is C22H26N2O. The number of likely N-dealkylation sites (N-methyl/N-ethyl adjacent to an activating group) is 1. The summed E-state index contributed by atoms with van der Waals surface area (Å²) in [5.41, 5.74) is 5.45. The Bertz CT molecular complexity index is 810. The van der Waals surface area contributed by atoms with E-state index in [1.165, 1.54) is 11.3 Å². The van der Waals surface area contributed by atoms with Crippen LogP contribution in [0.5, 0.6) is 0 Å². The molecule has 1 heterocycles. The molecule has 3 heteroatoms. The Morgan fingerprint density at radius 2 is 1.68 bits per heavy atom. The Kier molecular flexibility index (Phi) is 4.67. The molecule has 25 heavy (non-hydrogen) atoms. The zero-order chi connectivity index (χ0) is 18.1. The van der Waals surface area contributed by atoms with E-state index in [1.807, 2.05) is 56.3 Å². The lowest BCUT2D eigenvalue weighted by molar-refractivity contribution is -0.128. The summed E-state index contributed by atoms with van der Waals surface area (Å²) in [5, 5.41) is 0. The molecule has 3 rings (SSSR count). The normalized spacial score (nSPS) is 18.0. The number of carbonyl (C=O) groups is 1. The van der Waals surface area contributed by atoms with Crippen molar-refractivity contribution in [2.75, 3.05) is 19.0 Å². The minimum Gasteiger partial charge on any atom is -0.348 e. The summed E-state index contributed by atoms with van der Waals surface area (Å²) in [6, 6.07) is 18.5. The summed E-state index contributed by atoms with van der Waals surface area (Å²) in [6.07, 6.45) is 0. The molecule has 0 fully saturated rings. The first kappa shape index (κ1) is 17.3. The van der Waals surface area contributed by atoms with E-state index in [-0.39, 0.29) is 17.9 Å². The number of allylic oxidation sites excluding steroid dienone is 1. The van der Waals surface area contributed by atoms with Crippen LogP contribution in [-0.4, -0.2) is 24.9 Å². The zero-order valence-electron chi connectivity index (χ0n) is 15.7. The number of nitrogens with zero attached hydrogens (tertiary/aromatic N) is 2. The number of hydrogen-bond acceptors (Lipinski definition) is 2. The summed E-state index contributed by atoms with van der Waals surface area (Å²) in [5.74, 6) is 0.188. The van der Waals surface area contributed by atoms with E-state index in [9.17, 15) is 4.79 Å². The minimum atomic E-state index is 0.0312. The van der Waals surface area contributed by atoms with E-state index in [0.29, 0.717) is 0 Å². The van der Waals surface area contributed by atoms with Gasteiger partial charge in [-0.3, -0.25) is 4.79 Å². The van der Waals surface area contributed by atoms with Crippen molar-refractivity contribution in [3.05, 3.63) is 77.0 Å². The smallest absolute Gasteiger partial charge is 0.252 e. The number of para-hydroxylation sites is 1. The van der Waals surface area contributed by atoms with Crippen LogP contribution < -0.4 is 4.90 Å². The number of benzene rings is 2. The largest absolute Gasteiger partial charge is 0.348 e. The fourth-order valence-electron chi connectivity index (χ4n) is 3.65. The van der Waals surface area contributed by atoms with Crippen LogP contribution >= 0.6 is 0 Å². The third-order valence-corrected chi connectivity index (χ3v) is 5.50. The average molecular weight is 334 g/mol. The maximum atomic E-state index is 13.3. The summed E-state index contributed by atoms with van der Waals surface area (Å²) in [7, 11) is 3.93. The quantitative estimate of drug-likeness (QED) is 0.810. The van der Waals surface area contributed by atoms with Gasteiger partial charge in [-0.25, -0.2) is 0 Å². The van der Waals surface area contributed by atoms with Gasteiger partial charge in [0.05, 0.1) is 6.04 Å². The third-order valence-electron chi connectivity index (χ3n) is 5.50. The predicted octanol–water partition coefficient (Wildman–Crippen LogP) is 4.73. The van der Waals surface area contributed by atoms with Gasteiger partial charge in [0.15, 0.2) is 0 Å². The Hall–Kier alpha value is -2.55. The van der Waals surface area contributed by atoms with Gasteiger partial charge in [-0.05, 0) is 31.0 Å². The number of carbonyl (C=O) groups excluding carboxylic acids is 1. The van der Waals surface area contributed by atoms with Crippen LogP contribution in [0.4, 0.5) is 5.69 Å². The van der Waals surface area contributed by atoms with Crippen molar-refractivity contribution in [2.45, 2.75) is 32.7 Å². The Morgan fingerprint density at radius 3 is 2.36 bits per heavy atom. The third kappa shape index (κ3) is 2.95. The molecule has 2 aromatic carbocycles. The Balaban J connectivity index is 1.95. The first-order valence-electron chi connectivity index (χ1n) is 8.79. The van der Waals surface area contributed by atoms with Gasteiger partial charge < -0.3 is 9.80 Å². The van der Waals surface area contributed by atoms with E-state index in [1.54, 1.807) is 0 Å². The highest BCUT2D eigenvalue weighted by atomic mass is 16.2. The van der Waals surface area contributed by atoms with Crippen LogP contribution in [0.15, 0.2) is 65.9 Å². The number of fused-ring (bicyclic) bond motifs is 1. The molecule has 0 radical (unpaired) electrons. The van der Waals surface area contributed by atoms with Crippen molar-refractivity contribution >= 4 is 11.6 Å². The molecule has 1 aliphatic rings. The summed E-state index contributed by atoms with van der Waals surface area (Å²) < 4.78 is 0. The second kappa shape index (κ2) is 6.75. The number of amides is 1. The van der Waals surface area contributed by atoms with Crippen molar-refractivity contribution in [1.29, 1.82) is 0 Å². The second-order valence-corrected chi connectivity index (χ2v) is 6.84. The van der Waals surface area contributed by atoms with Crippen molar-refractivity contribution in [3.8, 4) is 0 Å². The fourth-order valence-corrected chi connectivity index (χ4v) is 3.65. The number of hydrogen-bond donors (Lipinski definition) is 0. The van der Waals surface area contributed by atoms with Gasteiger partial charge in [-0.1, -0.05) is 55.5 Å². The number of anilines is 1. The van der Waals surface area contributed by atoms with Crippen LogP contribution in [0.3, 0.4) is 0 Å². The highest BCUT2D eigenvalue weighted by Gasteiger charge is 2.33. The van der Waals surface area contributed by atoms with Crippen LogP contribution in [0.1, 0.15) is 43.9 Å². The van der Waals surface area contributed by atoms with Gasteiger partial charge >= 0.3 is 0 Å². The van der Waals surface area contributed by atoms with E-state index in [2.05, 4.69) is 43.0 Å². The van der Waals surface area contributed by atoms with Gasteiger partial charge in [-0.15, -0.1) is 0 Å². The van der Waals surface area contributed by atoms with E-state index in [0.717, 1.165) is 16.8 Å². The molecule has 1 aliphatic heterocycles. The van der Waals surface area contributed by atoms with E-state index < -0.39 is 0 Å². The lowest BCUT2D eigenvalue weighted by atomic mass is 9.85. The Labute approximate surface area is 150 Å². The van der Waals surface area contributed by atoms with Gasteiger partial charge in [0.1, 0.15) is 0 Å². The molecule has 2 atom stereocenters. The van der Waals surface area contributed by atoms with Gasteiger partial charge in [0, 0.05) is 37.0 Å². The minimum absolute atomic E-state index is 0.0312. The lowest BCUT2D eigenvalue weighted by Gasteiger charge is -2.37. The molecule has 130 valence electrons. The first-order valence-corrected chi connectivity index (χ1v) is 8.79. The van der Waals surface area contributed by atoms with E-state index >= 15 is 0 Å². The summed E-state index contributed by atoms with van der Waals surface area (Å²) in [6.45, 7) is 6.25. The molecule has 0 unspecified atom stereocenters. The van der Waals surface area contributed by atoms with Crippen LogP contribution in [0, 0.1) is 0 Å². The molecule has 0 saturated carbocycles. The summed E-state index contributed by atoms with van der Waals surface area (Å²) in [4.78, 5) is 17.3. The molecule has 0 spiro atoms. The van der Waals surface area contributed by atoms with Crippen LogP contribution in [0.25, 0.3) is 0 Å². The lowest BCUT2D eigenvalue weighted by Crippen LogP contribution is -2.36. The topological polar surface area (TPSA) is 23.6 Å². The second-order valence-electron chi connectivity index (χ2n) is 6.84. The standard InChI is InChI=1S/C22H26N2O/c1-15-19-13-9-10-14-20(19)23(4)17(3)21(15)22(25)24(5)16(2)18-11-7-6-8-12-18/h6-16H,1-5H3/t15-,16+/m0/s1. The molecule has 0 saturated heterocycles.